The van der Waals surface area contributed by atoms with E-state index >= 15 is 0 Å². The standard InChI is InChI=1S/C58H56N2O10/c1-5-55(61)67-39-35-43-11-19-47(20-12-43)59(49-23-15-45(16-24-49)41-69-57(63)7-3)51-27-31-53(32-28-51)65-37-9-10-38-66-54-33-29-52(30-34-54)60(50-25-17-46(18-26-50)42-70-58(64)8-4)48-21-13-44(14-22-48)36-40-68-56(62)6-2/h5-8,11-34H,1-4,9-10,35-42H2. The van der Waals surface area contributed by atoms with Gasteiger partial charge in [-0.25, -0.2) is 19.2 Å². The van der Waals surface area contributed by atoms with Crippen LogP contribution in [-0.2, 0) is 64.2 Å². The van der Waals surface area contributed by atoms with Crippen LogP contribution < -0.4 is 19.3 Å². The molecule has 0 spiro atoms. The molecule has 0 radical (unpaired) electrons. The minimum absolute atomic E-state index is 0.136. The lowest BCUT2D eigenvalue weighted by molar-refractivity contribution is -0.139. The number of carbonyl (C=O) groups is 4. The molecular formula is C58H56N2O10. The van der Waals surface area contributed by atoms with Gasteiger partial charge in [0.2, 0.25) is 0 Å². The van der Waals surface area contributed by atoms with Gasteiger partial charge in [0, 0.05) is 71.3 Å². The molecule has 0 heterocycles. The van der Waals surface area contributed by atoms with E-state index in [9.17, 15) is 19.2 Å². The first-order valence-corrected chi connectivity index (χ1v) is 22.7. The number of ether oxygens (including phenoxy) is 6. The summed E-state index contributed by atoms with van der Waals surface area (Å²) in [5.74, 6) is -0.388. The predicted octanol–water partition coefficient (Wildman–Crippen LogP) is 11.9. The lowest BCUT2D eigenvalue weighted by atomic mass is 10.1. The molecule has 12 heteroatoms. The zero-order chi connectivity index (χ0) is 49.5. The van der Waals surface area contributed by atoms with Crippen molar-refractivity contribution in [2.24, 2.45) is 0 Å². The highest BCUT2D eigenvalue weighted by atomic mass is 16.5. The summed E-state index contributed by atoms with van der Waals surface area (Å²) in [5.41, 5.74) is 9.18. The summed E-state index contributed by atoms with van der Waals surface area (Å²) < 4.78 is 33.0. The second-order valence-corrected chi connectivity index (χ2v) is 15.6. The van der Waals surface area contributed by atoms with E-state index in [1.165, 1.54) is 0 Å². The highest BCUT2D eigenvalue weighted by molar-refractivity contribution is 5.83. The SMILES string of the molecule is C=CC(=O)OCCc1ccc(N(c2ccc(COC(=O)C=C)cc2)c2ccc(OCCCCOc3ccc(N(c4ccc(CCOC(=O)C=C)cc4)c4ccc(COC(=O)C=C)cc4)cc3)cc2)cc1. The molecule has 0 aliphatic heterocycles. The number of nitrogens with zero attached hydrogens (tertiary/aromatic N) is 2. The molecule has 0 bridgehead atoms. The van der Waals surface area contributed by atoms with E-state index in [-0.39, 0.29) is 26.4 Å². The molecule has 0 saturated heterocycles. The molecule has 12 nitrogen and oxygen atoms in total. The van der Waals surface area contributed by atoms with Crippen LogP contribution in [-0.4, -0.2) is 50.3 Å². The molecule has 0 saturated carbocycles. The van der Waals surface area contributed by atoms with E-state index in [2.05, 4.69) is 36.1 Å². The van der Waals surface area contributed by atoms with E-state index in [1.807, 2.05) is 146 Å². The van der Waals surface area contributed by atoms with Crippen molar-refractivity contribution in [3.05, 3.63) is 218 Å². The normalized spacial score (nSPS) is 10.5. The molecule has 0 amide bonds. The van der Waals surface area contributed by atoms with Crippen LogP contribution in [0.4, 0.5) is 34.1 Å². The number of hydrogen-bond acceptors (Lipinski definition) is 12. The molecule has 6 aromatic rings. The van der Waals surface area contributed by atoms with Crippen molar-refractivity contribution in [3.8, 4) is 11.5 Å². The monoisotopic (exact) mass is 940 g/mol. The third kappa shape index (κ3) is 15.5. The molecule has 0 unspecified atom stereocenters. The van der Waals surface area contributed by atoms with Crippen LogP contribution in [0.2, 0.25) is 0 Å². The van der Waals surface area contributed by atoms with Gasteiger partial charge in [-0.05, 0) is 132 Å². The van der Waals surface area contributed by atoms with Crippen molar-refractivity contribution in [1.82, 2.24) is 0 Å². The number of anilines is 6. The number of esters is 4. The Morgan fingerprint density at radius 3 is 0.886 bits per heavy atom. The van der Waals surface area contributed by atoms with Crippen molar-refractivity contribution in [1.29, 1.82) is 0 Å². The highest BCUT2D eigenvalue weighted by Gasteiger charge is 2.16. The van der Waals surface area contributed by atoms with Gasteiger partial charge in [-0.2, -0.15) is 0 Å². The van der Waals surface area contributed by atoms with Crippen LogP contribution >= 0.6 is 0 Å². The Morgan fingerprint density at radius 1 is 0.343 bits per heavy atom. The van der Waals surface area contributed by atoms with Gasteiger partial charge in [0.05, 0.1) is 26.4 Å². The molecule has 0 aliphatic rings. The van der Waals surface area contributed by atoms with Gasteiger partial charge in [0.15, 0.2) is 0 Å². The van der Waals surface area contributed by atoms with E-state index in [1.54, 1.807) is 0 Å². The van der Waals surface area contributed by atoms with Crippen LogP contribution in [0.3, 0.4) is 0 Å². The van der Waals surface area contributed by atoms with Crippen molar-refractivity contribution in [2.45, 2.75) is 38.9 Å². The van der Waals surface area contributed by atoms with Crippen molar-refractivity contribution >= 4 is 58.0 Å². The van der Waals surface area contributed by atoms with E-state index in [4.69, 9.17) is 28.4 Å². The van der Waals surface area contributed by atoms with Crippen LogP contribution in [0, 0.1) is 0 Å². The minimum atomic E-state index is -0.482. The molecule has 70 heavy (non-hydrogen) atoms. The van der Waals surface area contributed by atoms with Gasteiger partial charge >= 0.3 is 23.9 Å². The average molecular weight is 941 g/mol. The fourth-order valence-electron chi connectivity index (χ4n) is 7.05. The van der Waals surface area contributed by atoms with Gasteiger partial charge in [-0.15, -0.1) is 0 Å². The van der Waals surface area contributed by atoms with Crippen LogP contribution in [0.15, 0.2) is 196 Å². The summed E-state index contributed by atoms with van der Waals surface area (Å²) in [6.45, 7) is 15.6. The number of unbranched alkanes of at least 4 members (excludes halogenated alkanes) is 1. The largest absolute Gasteiger partial charge is 0.494 e. The minimum Gasteiger partial charge on any atom is -0.494 e. The lowest BCUT2D eigenvalue weighted by Gasteiger charge is -2.26. The number of benzene rings is 6. The van der Waals surface area contributed by atoms with E-state index in [0.29, 0.717) is 26.1 Å². The Kier molecular flexibility index (Phi) is 19.3. The van der Waals surface area contributed by atoms with Gasteiger partial charge in [-0.1, -0.05) is 74.8 Å². The Balaban J connectivity index is 1.04. The highest BCUT2D eigenvalue weighted by Crippen LogP contribution is 2.37. The van der Waals surface area contributed by atoms with Gasteiger partial charge in [0.25, 0.3) is 0 Å². The fourth-order valence-corrected chi connectivity index (χ4v) is 7.05. The van der Waals surface area contributed by atoms with Crippen LogP contribution in [0.1, 0.15) is 35.1 Å². The zero-order valence-corrected chi connectivity index (χ0v) is 39.0. The maximum absolute atomic E-state index is 11.6. The summed E-state index contributed by atoms with van der Waals surface area (Å²) >= 11 is 0. The Morgan fingerprint density at radius 2 is 0.600 bits per heavy atom. The van der Waals surface area contributed by atoms with Crippen molar-refractivity contribution in [2.75, 3.05) is 36.2 Å². The number of hydrogen-bond donors (Lipinski definition) is 0. The first kappa shape index (κ1) is 50.8. The molecule has 358 valence electrons. The summed E-state index contributed by atoms with van der Waals surface area (Å²) in [6, 6.07) is 47.5. The third-order valence-corrected chi connectivity index (χ3v) is 10.7. The van der Waals surface area contributed by atoms with Crippen molar-refractivity contribution in [3.63, 3.8) is 0 Å². The van der Waals surface area contributed by atoms with Gasteiger partial charge in [-0.3, -0.25) is 0 Å². The van der Waals surface area contributed by atoms with E-state index in [0.717, 1.165) is 105 Å². The first-order chi connectivity index (χ1) is 34.2. The molecule has 0 aromatic heterocycles. The molecule has 0 N–H and O–H groups in total. The summed E-state index contributed by atoms with van der Waals surface area (Å²) in [4.78, 5) is 50.5. The van der Waals surface area contributed by atoms with Crippen LogP contribution in [0.5, 0.6) is 11.5 Å². The molecule has 0 atom stereocenters. The Bertz CT molecular complexity index is 2490. The third-order valence-electron chi connectivity index (χ3n) is 10.7. The first-order valence-electron chi connectivity index (χ1n) is 22.7. The lowest BCUT2D eigenvalue weighted by Crippen LogP contribution is -2.11. The predicted molar refractivity (Wildman–Crippen MR) is 272 cm³/mol. The molecule has 0 fully saturated rings. The molecule has 0 aliphatic carbocycles. The number of carbonyl (C=O) groups excluding carboxylic acids is 4. The summed E-state index contributed by atoms with van der Waals surface area (Å²) in [5, 5.41) is 0. The van der Waals surface area contributed by atoms with Gasteiger partial charge < -0.3 is 38.2 Å². The Hall–Kier alpha value is -8.64. The smallest absolute Gasteiger partial charge is 0.330 e. The van der Waals surface area contributed by atoms with Gasteiger partial charge in [0.1, 0.15) is 24.7 Å². The topological polar surface area (TPSA) is 130 Å². The Labute approximate surface area is 409 Å². The zero-order valence-electron chi connectivity index (χ0n) is 39.0. The molecule has 6 aromatic carbocycles. The quantitative estimate of drug-likeness (QED) is 0.0211. The summed E-state index contributed by atoms with van der Waals surface area (Å²) in [6.07, 6.45) is 7.28. The maximum Gasteiger partial charge on any atom is 0.330 e. The van der Waals surface area contributed by atoms with Crippen LogP contribution in [0.25, 0.3) is 0 Å². The fraction of sp³-hybridized carbons (Fsp3) is 0.172. The molecular weight excluding hydrogens is 885 g/mol. The average Bonchev–Trinajstić information content (AvgIpc) is 3.40. The second-order valence-electron chi connectivity index (χ2n) is 15.6. The molecule has 6 rings (SSSR count). The van der Waals surface area contributed by atoms with E-state index < -0.39 is 23.9 Å². The van der Waals surface area contributed by atoms with Crippen molar-refractivity contribution < 1.29 is 47.6 Å². The second kappa shape index (κ2) is 26.6. The summed E-state index contributed by atoms with van der Waals surface area (Å²) in [7, 11) is 0. The number of rotatable bonds is 27. The maximum atomic E-state index is 11.6.